The minimum Gasteiger partial charge on any atom is -0.480 e. The van der Waals surface area contributed by atoms with Crippen LogP contribution >= 0.6 is 0 Å². The van der Waals surface area contributed by atoms with Gasteiger partial charge in [0.05, 0.1) is 9.79 Å². The number of carboxylic acids is 1. The Bertz CT molecular complexity index is 752. The molecule has 0 amide bonds. The molecule has 1 unspecified atom stereocenters. The van der Waals surface area contributed by atoms with Crippen LogP contribution in [0, 0.1) is 0 Å². The van der Waals surface area contributed by atoms with Gasteiger partial charge in [-0.3, -0.25) is 4.79 Å². The first-order chi connectivity index (χ1) is 10.6. The number of nitrogens with zero attached hydrogens (tertiary/aromatic N) is 1. The van der Waals surface area contributed by atoms with Crippen molar-refractivity contribution in [3.63, 3.8) is 0 Å². The van der Waals surface area contributed by atoms with Crippen LogP contribution in [0.2, 0.25) is 0 Å². The van der Waals surface area contributed by atoms with Crippen molar-refractivity contribution < 1.29 is 26.7 Å². The van der Waals surface area contributed by atoms with Crippen molar-refractivity contribution in [2.24, 2.45) is 0 Å². The molecule has 2 N–H and O–H groups in total. The summed E-state index contributed by atoms with van der Waals surface area (Å²) in [5, 5.41) is 8.75. The van der Waals surface area contributed by atoms with Gasteiger partial charge in [0, 0.05) is 13.1 Å². The third-order valence-electron chi connectivity index (χ3n) is 3.18. The van der Waals surface area contributed by atoms with Crippen molar-refractivity contribution in [2.75, 3.05) is 13.1 Å². The highest BCUT2D eigenvalue weighted by atomic mass is 32.2. The van der Waals surface area contributed by atoms with E-state index in [9.17, 15) is 21.6 Å². The van der Waals surface area contributed by atoms with E-state index in [4.69, 9.17) is 5.11 Å². The average molecular weight is 364 g/mol. The van der Waals surface area contributed by atoms with Crippen LogP contribution in [-0.4, -0.2) is 51.3 Å². The molecule has 0 heterocycles. The molecule has 1 aromatic carbocycles. The molecule has 10 heteroatoms. The number of hydrogen-bond donors (Lipinski definition) is 2. The lowest BCUT2D eigenvalue weighted by Crippen LogP contribution is -2.38. The van der Waals surface area contributed by atoms with E-state index in [-0.39, 0.29) is 9.79 Å². The second-order valence-corrected chi connectivity index (χ2v) is 8.39. The zero-order valence-corrected chi connectivity index (χ0v) is 14.7. The Morgan fingerprint density at radius 2 is 1.52 bits per heavy atom. The summed E-state index contributed by atoms with van der Waals surface area (Å²) < 4.78 is 51.9. The van der Waals surface area contributed by atoms with Crippen molar-refractivity contribution in [1.82, 2.24) is 9.03 Å². The van der Waals surface area contributed by atoms with Crippen molar-refractivity contribution >= 4 is 26.0 Å². The van der Waals surface area contributed by atoms with Crippen molar-refractivity contribution in [3.8, 4) is 0 Å². The van der Waals surface area contributed by atoms with Gasteiger partial charge in [-0.2, -0.15) is 9.03 Å². The van der Waals surface area contributed by atoms with Gasteiger partial charge in [-0.25, -0.2) is 16.8 Å². The molecule has 0 aromatic heterocycles. The smallest absolute Gasteiger partial charge is 0.321 e. The van der Waals surface area contributed by atoms with Gasteiger partial charge in [-0.05, 0) is 31.2 Å². The van der Waals surface area contributed by atoms with E-state index in [0.29, 0.717) is 13.1 Å². The summed E-state index contributed by atoms with van der Waals surface area (Å²) in [7, 11) is -7.71. The molecule has 130 valence electrons. The van der Waals surface area contributed by atoms with E-state index in [1.807, 2.05) is 4.72 Å². The average Bonchev–Trinajstić information content (AvgIpc) is 2.47. The highest BCUT2D eigenvalue weighted by molar-refractivity contribution is 7.89. The molecule has 23 heavy (non-hydrogen) atoms. The van der Waals surface area contributed by atoms with Crippen molar-refractivity contribution in [1.29, 1.82) is 0 Å². The normalized spacial score (nSPS) is 13.9. The lowest BCUT2D eigenvalue weighted by Gasteiger charge is -2.18. The minimum atomic E-state index is -4.04. The number of sulfonamides is 2. The lowest BCUT2D eigenvalue weighted by atomic mass is 10.4. The van der Waals surface area contributed by atoms with E-state index in [1.165, 1.54) is 23.4 Å². The van der Waals surface area contributed by atoms with Crippen LogP contribution in [0.5, 0.6) is 0 Å². The summed E-state index contributed by atoms with van der Waals surface area (Å²) in [6.07, 6.45) is 0. The summed E-state index contributed by atoms with van der Waals surface area (Å²) in [6, 6.07) is 3.35. The summed E-state index contributed by atoms with van der Waals surface area (Å²) in [5.74, 6) is -1.31. The van der Waals surface area contributed by atoms with Crippen LogP contribution in [0.25, 0.3) is 0 Å². The first kappa shape index (κ1) is 19.6. The van der Waals surface area contributed by atoms with Gasteiger partial charge in [0.25, 0.3) is 0 Å². The molecule has 0 bridgehead atoms. The summed E-state index contributed by atoms with van der Waals surface area (Å²) in [6.45, 7) is 5.21. The Kier molecular flexibility index (Phi) is 6.28. The van der Waals surface area contributed by atoms with E-state index in [1.54, 1.807) is 13.8 Å². The fraction of sp³-hybridized carbons (Fsp3) is 0.462. The van der Waals surface area contributed by atoms with E-state index < -0.39 is 32.1 Å². The number of rotatable bonds is 8. The Morgan fingerprint density at radius 3 is 1.91 bits per heavy atom. The molecule has 0 aliphatic carbocycles. The predicted octanol–water partition coefficient (Wildman–Crippen LogP) is 0.469. The monoisotopic (exact) mass is 364 g/mol. The number of carbonyl (C=O) groups is 1. The molecule has 0 aliphatic heterocycles. The molecule has 0 radical (unpaired) electrons. The first-order valence-electron chi connectivity index (χ1n) is 6.91. The van der Waals surface area contributed by atoms with Crippen LogP contribution in [0.4, 0.5) is 0 Å². The third kappa shape index (κ3) is 4.50. The van der Waals surface area contributed by atoms with Gasteiger partial charge in [0.15, 0.2) is 0 Å². The summed E-state index contributed by atoms with van der Waals surface area (Å²) >= 11 is 0. The maximum Gasteiger partial charge on any atom is 0.321 e. The highest BCUT2D eigenvalue weighted by Gasteiger charge is 2.24. The standard InChI is InChI=1S/C13H20N2O6S2/c1-4-15(5-2)23(20,21)12-8-6-11(7-9-12)22(18,19)14-10(3)13(16)17/h6-10,14H,4-5H2,1-3H3,(H,16,17). The third-order valence-corrected chi connectivity index (χ3v) is 6.80. The lowest BCUT2D eigenvalue weighted by molar-refractivity contribution is -0.138. The van der Waals surface area contributed by atoms with Gasteiger partial charge in [0.1, 0.15) is 6.04 Å². The summed E-state index contributed by atoms with van der Waals surface area (Å²) in [4.78, 5) is 10.5. The van der Waals surface area contributed by atoms with Gasteiger partial charge in [-0.1, -0.05) is 13.8 Å². The first-order valence-corrected chi connectivity index (χ1v) is 9.84. The van der Waals surface area contributed by atoms with Gasteiger partial charge in [-0.15, -0.1) is 0 Å². The molecule has 1 rings (SSSR count). The highest BCUT2D eigenvalue weighted by Crippen LogP contribution is 2.18. The Morgan fingerprint density at radius 1 is 1.09 bits per heavy atom. The molecular weight excluding hydrogens is 344 g/mol. The number of hydrogen-bond acceptors (Lipinski definition) is 5. The van der Waals surface area contributed by atoms with Crippen molar-refractivity contribution in [3.05, 3.63) is 24.3 Å². The SMILES string of the molecule is CCN(CC)S(=O)(=O)c1ccc(S(=O)(=O)NC(C)C(=O)O)cc1. The van der Waals surface area contributed by atoms with E-state index in [0.717, 1.165) is 12.1 Å². The van der Waals surface area contributed by atoms with Crippen LogP contribution in [-0.2, 0) is 24.8 Å². The molecule has 0 fully saturated rings. The molecule has 1 atom stereocenters. The van der Waals surface area contributed by atoms with Gasteiger partial charge in [0.2, 0.25) is 20.0 Å². The second-order valence-electron chi connectivity index (χ2n) is 4.74. The largest absolute Gasteiger partial charge is 0.480 e. The Labute approximate surface area is 136 Å². The van der Waals surface area contributed by atoms with Gasteiger partial charge < -0.3 is 5.11 Å². The fourth-order valence-electron chi connectivity index (χ4n) is 1.85. The zero-order chi connectivity index (χ0) is 17.8. The topological polar surface area (TPSA) is 121 Å². The maximum atomic E-state index is 12.3. The molecule has 1 aromatic rings. The molecule has 8 nitrogen and oxygen atoms in total. The minimum absolute atomic E-state index is 0.0218. The Hall–Kier alpha value is -1.49. The predicted molar refractivity (Wildman–Crippen MR) is 84.0 cm³/mol. The molecule has 0 saturated heterocycles. The number of benzene rings is 1. The van der Waals surface area contributed by atoms with E-state index >= 15 is 0 Å². The molecule has 0 saturated carbocycles. The zero-order valence-electron chi connectivity index (χ0n) is 13.1. The van der Waals surface area contributed by atoms with Crippen LogP contribution < -0.4 is 4.72 Å². The fourth-order valence-corrected chi connectivity index (χ4v) is 4.51. The van der Waals surface area contributed by atoms with Gasteiger partial charge >= 0.3 is 5.97 Å². The molecule has 0 aliphatic rings. The second kappa shape index (κ2) is 7.39. The van der Waals surface area contributed by atoms with E-state index in [2.05, 4.69) is 0 Å². The van der Waals surface area contributed by atoms with Crippen LogP contribution in [0.1, 0.15) is 20.8 Å². The number of aliphatic carboxylic acids is 1. The number of nitrogens with one attached hydrogen (secondary N) is 1. The van der Waals surface area contributed by atoms with Crippen molar-refractivity contribution in [2.45, 2.75) is 36.6 Å². The number of carboxylic acid groups (broad SMARTS) is 1. The summed E-state index contributed by atoms with van der Waals surface area (Å²) in [5.41, 5.74) is 0. The Balaban J connectivity index is 3.12. The van der Waals surface area contributed by atoms with Crippen LogP contribution in [0.15, 0.2) is 34.1 Å². The van der Waals surface area contributed by atoms with Crippen LogP contribution in [0.3, 0.4) is 0 Å². The molecular formula is C13H20N2O6S2. The molecule has 0 spiro atoms. The maximum absolute atomic E-state index is 12.3. The quantitative estimate of drug-likeness (QED) is 0.692.